The van der Waals surface area contributed by atoms with Crippen LogP contribution in [-0.2, 0) is 30.8 Å². The average molecular weight is 396 g/mol. The molecule has 0 spiro atoms. The molecule has 1 aromatic carbocycles. The second kappa shape index (κ2) is 7.79. The van der Waals surface area contributed by atoms with Crippen LogP contribution in [0.5, 0.6) is 0 Å². The summed E-state index contributed by atoms with van der Waals surface area (Å²) in [6.07, 6.45) is 2.67. The summed E-state index contributed by atoms with van der Waals surface area (Å²) >= 11 is 1.63. The number of carbonyl (C=O) groups excluding carboxylic acids is 2. The van der Waals surface area contributed by atoms with Crippen LogP contribution in [0.15, 0.2) is 34.3 Å². The zero-order valence-corrected chi connectivity index (χ0v) is 16.0. The molecule has 1 amide bonds. The number of amides is 1. The predicted octanol–water partition coefficient (Wildman–Crippen LogP) is 1.62. The Labute approximate surface area is 156 Å². The van der Waals surface area contributed by atoms with E-state index >= 15 is 0 Å². The standard InChI is InChI=1S/C17H20N2O5S2/c1-25-14-4-2-12(3-5-14)10-24-17(21)15-6-7-16(20)19(18-15)13-8-9-26(22,23)11-13/h2-5,13H,6-11H2,1H3/t13-/m1/s1. The lowest BCUT2D eigenvalue weighted by Gasteiger charge is -2.27. The fourth-order valence-electron chi connectivity index (χ4n) is 2.93. The Bertz CT molecular complexity index is 833. The number of ether oxygens (including phenoxy) is 1. The first kappa shape index (κ1) is 18.9. The number of rotatable bonds is 5. The van der Waals surface area contributed by atoms with Crippen molar-refractivity contribution in [3.05, 3.63) is 29.8 Å². The van der Waals surface area contributed by atoms with Crippen LogP contribution < -0.4 is 0 Å². The molecule has 2 heterocycles. The normalized spacial score (nSPS) is 22.2. The number of hydrogen-bond acceptors (Lipinski definition) is 7. The first-order valence-corrected chi connectivity index (χ1v) is 11.3. The molecule has 1 aromatic rings. The molecule has 0 N–H and O–H groups in total. The molecule has 2 aliphatic heterocycles. The first-order valence-electron chi connectivity index (χ1n) is 8.28. The third kappa shape index (κ3) is 4.45. The van der Waals surface area contributed by atoms with Crippen LogP contribution in [0.25, 0.3) is 0 Å². The minimum absolute atomic E-state index is 0.0444. The predicted molar refractivity (Wildman–Crippen MR) is 98.6 cm³/mol. The van der Waals surface area contributed by atoms with E-state index in [-0.39, 0.29) is 42.6 Å². The second-order valence-corrected chi connectivity index (χ2v) is 9.37. The van der Waals surface area contributed by atoms with Gasteiger partial charge in [-0.1, -0.05) is 12.1 Å². The van der Waals surface area contributed by atoms with Gasteiger partial charge in [0.25, 0.3) is 0 Å². The first-order chi connectivity index (χ1) is 12.4. The van der Waals surface area contributed by atoms with Gasteiger partial charge in [0, 0.05) is 17.7 Å². The number of nitrogens with zero attached hydrogens (tertiary/aromatic N) is 2. The van der Waals surface area contributed by atoms with Crippen molar-refractivity contribution >= 4 is 39.2 Å². The zero-order valence-electron chi connectivity index (χ0n) is 14.4. The van der Waals surface area contributed by atoms with Crippen LogP contribution in [0, 0.1) is 0 Å². The van der Waals surface area contributed by atoms with Gasteiger partial charge in [0.2, 0.25) is 5.91 Å². The SMILES string of the molecule is CSc1ccc(COC(=O)C2=NN([C@@H]3CCS(=O)(=O)C3)C(=O)CC2)cc1. The number of esters is 1. The van der Waals surface area contributed by atoms with Gasteiger partial charge in [0.15, 0.2) is 9.84 Å². The van der Waals surface area contributed by atoms with E-state index < -0.39 is 21.8 Å². The number of sulfone groups is 1. The van der Waals surface area contributed by atoms with Crippen LogP contribution in [0.3, 0.4) is 0 Å². The molecule has 1 saturated heterocycles. The van der Waals surface area contributed by atoms with E-state index in [9.17, 15) is 18.0 Å². The van der Waals surface area contributed by atoms with Crippen LogP contribution >= 0.6 is 11.8 Å². The highest BCUT2D eigenvalue weighted by Gasteiger charge is 2.37. The molecule has 0 bridgehead atoms. The molecule has 0 radical (unpaired) electrons. The molecule has 0 aromatic heterocycles. The highest BCUT2D eigenvalue weighted by atomic mass is 32.2. The van der Waals surface area contributed by atoms with Gasteiger partial charge in [-0.25, -0.2) is 18.2 Å². The van der Waals surface area contributed by atoms with Crippen molar-refractivity contribution in [3.63, 3.8) is 0 Å². The Morgan fingerprint density at radius 1 is 1.31 bits per heavy atom. The maximum atomic E-state index is 12.3. The lowest BCUT2D eigenvalue weighted by atomic mass is 10.1. The molecule has 1 atom stereocenters. The van der Waals surface area contributed by atoms with Crippen molar-refractivity contribution in [1.82, 2.24) is 5.01 Å². The van der Waals surface area contributed by atoms with Gasteiger partial charge in [0.05, 0.1) is 17.5 Å². The molecule has 0 saturated carbocycles. The van der Waals surface area contributed by atoms with Crippen molar-refractivity contribution in [1.29, 1.82) is 0 Å². The van der Waals surface area contributed by atoms with Crippen LogP contribution in [-0.4, -0.2) is 54.8 Å². The minimum atomic E-state index is -3.14. The van der Waals surface area contributed by atoms with E-state index in [0.717, 1.165) is 15.5 Å². The molecule has 0 aliphatic carbocycles. The number of benzene rings is 1. The maximum Gasteiger partial charge on any atom is 0.354 e. The lowest BCUT2D eigenvalue weighted by Crippen LogP contribution is -2.42. The Morgan fingerprint density at radius 3 is 2.65 bits per heavy atom. The number of thioether (sulfide) groups is 1. The molecule has 26 heavy (non-hydrogen) atoms. The van der Waals surface area contributed by atoms with E-state index in [2.05, 4.69) is 5.10 Å². The van der Waals surface area contributed by atoms with Gasteiger partial charge in [0.1, 0.15) is 12.3 Å². The van der Waals surface area contributed by atoms with Gasteiger partial charge in [-0.05, 0) is 30.4 Å². The van der Waals surface area contributed by atoms with Gasteiger partial charge in [-0.15, -0.1) is 11.8 Å². The lowest BCUT2D eigenvalue weighted by molar-refractivity contribution is -0.138. The summed E-state index contributed by atoms with van der Waals surface area (Å²) in [7, 11) is -3.14. The maximum absolute atomic E-state index is 12.3. The third-order valence-electron chi connectivity index (χ3n) is 4.38. The molecular weight excluding hydrogens is 376 g/mol. The van der Waals surface area contributed by atoms with Crippen LogP contribution in [0.1, 0.15) is 24.8 Å². The van der Waals surface area contributed by atoms with Crippen LogP contribution in [0.4, 0.5) is 0 Å². The smallest absolute Gasteiger partial charge is 0.354 e. The summed E-state index contributed by atoms with van der Waals surface area (Å²) in [5.41, 5.74) is 1.03. The molecule has 2 aliphatic rings. The Kier molecular flexibility index (Phi) is 5.67. The number of hydrogen-bond donors (Lipinski definition) is 0. The van der Waals surface area contributed by atoms with Gasteiger partial charge in [-0.3, -0.25) is 4.79 Å². The number of carbonyl (C=O) groups is 2. The minimum Gasteiger partial charge on any atom is -0.456 e. The van der Waals surface area contributed by atoms with E-state index in [0.29, 0.717) is 6.42 Å². The fraction of sp³-hybridized carbons (Fsp3) is 0.471. The Balaban J connectivity index is 1.64. The summed E-state index contributed by atoms with van der Waals surface area (Å²) in [6, 6.07) is 7.19. The summed E-state index contributed by atoms with van der Waals surface area (Å²) < 4.78 is 28.6. The molecule has 7 nitrogen and oxygen atoms in total. The van der Waals surface area contributed by atoms with E-state index in [4.69, 9.17) is 4.74 Å². The second-order valence-electron chi connectivity index (χ2n) is 6.27. The summed E-state index contributed by atoms with van der Waals surface area (Å²) in [4.78, 5) is 25.5. The highest BCUT2D eigenvalue weighted by molar-refractivity contribution is 7.98. The molecular formula is C17H20N2O5S2. The topological polar surface area (TPSA) is 93.1 Å². The van der Waals surface area contributed by atoms with Crippen molar-refractivity contribution in [3.8, 4) is 0 Å². The molecule has 3 rings (SSSR count). The fourth-order valence-corrected chi connectivity index (χ4v) is 5.03. The van der Waals surface area contributed by atoms with Crippen LogP contribution in [0.2, 0.25) is 0 Å². The van der Waals surface area contributed by atoms with Gasteiger partial charge < -0.3 is 4.74 Å². The summed E-state index contributed by atoms with van der Waals surface area (Å²) in [5.74, 6) is -0.886. The van der Waals surface area contributed by atoms with Crippen molar-refractivity contribution in [2.24, 2.45) is 5.10 Å². The Morgan fingerprint density at radius 2 is 2.04 bits per heavy atom. The molecule has 140 valence electrons. The summed E-state index contributed by atoms with van der Waals surface area (Å²) in [5, 5.41) is 5.27. The average Bonchev–Trinajstić information content (AvgIpc) is 3.00. The monoisotopic (exact) mass is 396 g/mol. The third-order valence-corrected chi connectivity index (χ3v) is 6.87. The summed E-state index contributed by atoms with van der Waals surface area (Å²) in [6.45, 7) is 0.123. The molecule has 1 fully saturated rings. The van der Waals surface area contributed by atoms with Gasteiger partial charge >= 0.3 is 5.97 Å². The van der Waals surface area contributed by atoms with Crippen molar-refractivity contribution in [2.75, 3.05) is 17.8 Å². The quantitative estimate of drug-likeness (QED) is 0.555. The van der Waals surface area contributed by atoms with Crippen molar-refractivity contribution in [2.45, 2.75) is 36.8 Å². The van der Waals surface area contributed by atoms with E-state index in [1.54, 1.807) is 11.8 Å². The van der Waals surface area contributed by atoms with Crippen molar-refractivity contribution < 1.29 is 22.7 Å². The highest BCUT2D eigenvalue weighted by Crippen LogP contribution is 2.22. The zero-order chi connectivity index (χ0) is 18.7. The van der Waals surface area contributed by atoms with E-state index in [1.807, 2.05) is 30.5 Å². The number of hydrazone groups is 1. The Hall–Kier alpha value is -1.87. The van der Waals surface area contributed by atoms with E-state index in [1.165, 1.54) is 0 Å². The van der Waals surface area contributed by atoms with Gasteiger partial charge in [-0.2, -0.15) is 5.10 Å². The molecule has 9 heteroatoms. The molecule has 0 unspecified atom stereocenters. The largest absolute Gasteiger partial charge is 0.456 e.